The molecule has 5 nitrogen and oxygen atoms in total. The molecular formula is C22H30N4O. The smallest absolute Gasteiger partial charge is 0.224 e. The first kappa shape index (κ1) is 18.2. The largest absolute Gasteiger partial charge is 0.341 e. The van der Waals surface area contributed by atoms with Crippen LogP contribution in [0.1, 0.15) is 36.7 Å². The Labute approximate surface area is 162 Å². The zero-order valence-corrected chi connectivity index (χ0v) is 16.3. The number of hydrogen-bond donors (Lipinski definition) is 0. The number of rotatable bonds is 5. The van der Waals surface area contributed by atoms with Gasteiger partial charge in [0.2, 0.25) is 5.91 Å². The van der Waals surface area contributed by atoms with Crippen molar-refractivity contribution in [3.05, 3.63) is 53.6 Å². The summed E-state index contributed by atoms with van der Waals surface area (Å²) in [5.74, 6) is 1.34. The maximum Gasteiger partial charge on any atom is 0.224 e. The number of carbonyl (C=O) groups excluding carboxylic acids is 1. The molecule has 1 amide bonds. The first-order valence-corrected chi connectivity index (χ1v) is 10.3. The summed E-state index contributed by atoms with van der Waals surface area (Å²) in [5, 5.41) is 0. The van der Waals surface area contributed by atoms with E-state index in [0.717, 1.165) is 64.2 Å². The molecule has 0 saturated carbocycles. The van der Waals surface area contributed by atoms with E-state index < -0.39 is 0 Å². The molecule has 0 N–H and O–H groups in total. The summed E-state index contributed by atoms with van der Waals surface area (Å²) in [4.78, 5) is 21.8. The minimum absolute atomic E-state index is 0.280. The van der Waals surface area contributed by atoms with Gasteiger partial charge in [0.05, 0.1) is 0 Å². The molecule has 0 atom stereocenters. The normalized spacial score (nSPS) is 18.5. The van der Waals surface area contributed by atoms with E-state index in [1.54, 1.807) is 0 Å². The number of benzene rings is 1. The molecule has 2 heterocycles. The van der Waals surface area contributed by atoms with Gasteiger partial charge in [-0.1, -0.05) is 31.2 Å². The van der Waals surface area contributed by atoms with Gasteiger partial charge < -0.3 is 9.47 Å². The number of aryl methyl sites for hydroxylation is 2. The highest BCUT2D eigenvalue weighted by Crippen LogP contribution is 2.26. The molecule has 0 unspecified atom stereocenters. The lowest BCUT2D eigenvalue weighted by molar-refractivity contribution is -0.131. The highest BCUT2D eigenvalue weighted by molar-refractivity contribution is 5.76. The average Bonchev–Trinajstić information content (AvgIpc) is 3.25. The van der Waals surface area contributed by atoms with Crippen molar-refractivity contribution < 1.29 is 4.79 Å². The lowest BCUT2D eigenvalue weighted by Gasteiger charge is -2.27. The van der Waals surface area contributed by atoms with Gasteiger partial charge in [-0.3, -0.25) is 9.69 Å². The van der Waals surface area contributed by atoms with E-state index in [0.29, 0.717) is 12.5 Å². The van der Waals surface area contributed by atoms with Gasteiger partial charge in [0, 0.05) is 64.0 Å². The Morgan fingerprint density at radius 2 is 1.89 bits per heavy atom. The monoisotopic (exact) mass is 366 g/mol. The topological polar surface area (TPSA) is 41.4 Å². The fourth-order valence-corrected chi connectivity index (χ4v) is 4.58. The van der Waals surface area contributed by atoms with Crippen LogP contribution in [0, 0.1) is 0 Å². The maximum atomic E-state index is 12.7. The fraction of sp³-hybridized carbons (Fsp3) is 0.545. The van der Waals surface area contributed by atoms with Crippen LogP contribution in [0.2, 0.25) is 0 Å². The van der Waals surface area contributed by atoms with Crippen LogP contribution >= 0.6 is 0 Å². The van der Waals surface area contributed by atoms with Crippen molar-refractivity contribution in [1.82, 2.24) is 19.4 Å². The van der Waals surface area contributed by atoms with Crippen molar-refractivity contribution in [3.8, 4) is 0 Å². The predicted molar refractivity (Wildman–Crippen MR) is 107 cm³/mol. The Morgan fingerprint density at radius 3 is 2.63 bits per heavy atom. The first-order valence-electron chi connectivity index (χ1n) is 10.3. The molecule has 1 aliphatic heterocycles. The summed E-state index contributed by atoms with van der Waals surface area (Å²) < 4.78 is 2.11. The van der Waals surface area contributed by atoms with Crippen LogP contribution in [0.3, 0.4) is 0 Å². The van der Waals surface area contributed by atoms with Crippen molar-refractivity contribution in [3.63, 3.8) is 0 Å². The minimum atomic E-state index is 0.280. The molecule has 1 fully saturated rings. The van der Waals surface area contributed by atoms with Crippen molar-refractivity contribution >= 4 is 5.91 Å². The summed E-state index contributed by atoms with van der Waals surface area (Å²) in [6.07, 6.45) is 8.67. The van der Waals surface area contributed by atoms with Gasteiger partial charge >= 0.3 is 0 Å². The van der Waals surface area contributed by atoms with Gasteiger partial charge in [-0.25, -0.2) is 4.98 Å². The number of carbonyl (C=O) groups is 1. The van der Waals surface area contributed by atoms with Crippen LogP contribution < -0.4 is 0 Å². The zero-order chi connectivity index (χ0) is 18.6. The molecule has 0 radical (unpaired) electrons. The molecule has 0 bridgehead atoms. The molecule has 27 heavy (non-hydrogen) atoms. The SMILES string of the molecule is CCc1nccn1CCC(=O)N1CCCN(C2Cc3ccccc3C2)CC1. The summed E-state index contributed by atoms with van der Waals surface area (Å²) >= 11 is 0. The number of amides is 1. The van der Waals surface area contributed by atoms with Crippen LogP contribution in [-0.4, -0.2) is 57.5 Å². The highest BCUT2D eigenvalue weighted by atomic mass is 16.2. The van der Waals surface area contributed by atoms with Gasteiger partial charge in [0.1, 0.15) is 5.82 Å². The second-order valence-corrected chi connectivity index (χ2v) is 7.74. The second kappa shape index (κ2) is 8.26. The summed E-state index contributed by atoms with van der Waals surface area (Å²) in [6.45, 7) is 6.68. The van der Waals surface area contributed by atoms with E-state index in [2.05, 4.69) is 50.5 Å². The van der Waals surface area contributed by atoms with E-state index in [1.807, 2.05) is 12.4 Å². The Kier molecular flexibility index (Phi) is 5.58. The van der Waals surface area contributed by atoms with Gasteiger partial charge in [-0.15, -0.1) is 0 Å². The predicted octanol–water partition coefficient (Wildman–Crippen LogP) is 2.54. The molecule has 144 valence electrons. The van der Waals surface area contributed by atoms with Crippen LogP contribution in [0.25, 0.3) is 0 Å². The standard InChI is InChI=1S/C22H30N4O/c1-2-21-23-9-13-25(21)12-8-22(27)26-11-5-10-24(14-15-26)20-16-18-6-3-4-7-19(18)17-20/h3-4,6-7,9,13,20H,2,5,8,10-12,14-17H2,1H3. The quantitative estimate of drug-likeness (QED) is 0.817. The fourth-order valence-electron chi connectivity index (χ4n) is 4.58. The Hall–Kier alpha value is -2.14. The lowest BCUT2D eigenvalue weighted by Crippen LogP contribution is -2.40. The Bertz CT molecular complexity index is 759. The molecule has 1 saturated heterocycles. The molecule has 4 rings (SSSR count). The molecule has 2 aliphatic rings. The number of aromatic nitrogens is 2. The van der Waals surface area contributed by atoms with Crippen LogP contribution in [-0.2, 0) is 30.6 Å². The molecular weight excluding hydrogens is 336 g/mol. The van der Waals surface area contributed by atoms with Gasteiger partial charge in [-0.05, 0) is 30.4 Å². The number of imidazole rings is 1. The van der Waals surface area contributed by atoms with Crippen LogP contribution in [0.15, 0.2) is 36.7 Å². The number of hydrogen-bond acceptors (Lipinski definition) is 3. The molecule has 5 heteroatoms. The lowest BCUT2D eigenvalue weighted by atomic mass is 10.1. The summed E-state index contributed by atoms with van der Waals surface area (Å²) in [5.41, 5.74) is 3.01. The third-order valence-electron chi connectivity index (χ3n) is 6.11. The molecule has 0 spiro atoms. The second-order valence-electron chi connectivity index (χ2n) is 7.74. The Balaban J connectivity index is 1.29. The summed E-state index contributed by atoms with van der Waals surface area (Å²) in [6, 6.07) is 9.44. The van der Waals surface area contributed by atoms with E-state index >= 15 is 0 Å². The molecule has 1 aromatic heterocycles. The van der Waals surface area contributed by atoms with Crippen molar-refractivity contribution in [1.29, 1.82) is 0 Å². The third-order valence-corrected chi connectivity index (χ3v) is 6.11. The number of nitrogens with zero attached hydrogens (tertiary/aromatic N) is 4. The molecule has 2 aromatic rings. The van der Waals surface area contributed by atoms with Crippen LogP contribution in [0.4, 0.5) is 0 Å². The molecule has 1 aliphatic carbocycles. The minimum Gasteiger partial charge on any atom is -0.341 e. The van der Waals surface area contributed by atoms with E-state index in [1.165, 1.54) is 11.1 Å². The third kappa shape index (κ3) is 4.08. The summed E-state index contributed by atoms with van der Waals surface area (Å²) in [7, 11) is 0. The van der Waals surface area contributed by atoms with Gasteiger partial charge in [-0.2, -0.15) is 0 Å². The first-order chi connectivity index (χ1) is 13.2. The van der Waals surface area contributed by atoms with Gasteiger partial charge in [0.25, 0.3) is 0 Å². The number of fused-ring (bicyclic) bond motifs is 1. The van der Waals surface area contributed by atoms with E-state index in [4.69, 9.17) is 0 Å². The van der Waals surface area contributed by atoms with E-state index in [-0.39, 0.29) is 5.91 Å². The van der Waals surface area contributed by atoms with Crippen molar-refractivity contribution in [2.24, 2.45) is 0 Å². The van der Waals surface area contributed by atoms with Crippen molar-refractivity contribution in [2.75, 3.05) is 26.2 Å². The van der Waals surface area contributed by atoms with Crippen LogP contribution in [0.5, 0.6) is 0 Å². The maximum absolute atomic E-state index is 12.7. The van der Waals surface area contributed by atoms with E-state index in [9.17, 15) is 4.79 Å². The Morgan fingerprint density at radius 1 is 1.11 bits per heavy atom. The zero-order valence-electron chi connectivity index (χ0n) is 16.3. The highest BCUT2D eigenvalue weighted by Gasteiger charge is 2.28. The van der Waals surface area contributed by atoms with Gasteiger partial charge in [0.15, 0.2) is 0 Å². The molecule has 1 aromatic carbocycles. The average molecular weight is 367 g/mol. The van der Waals surface area contributed by atoms with Crippen molar-refractivity contribution in [2.45, 2.75) is 51.6 Å².